The third-order valence-corrected chi connectivity index (χ3v) is 2.96. The van der Waals surface area contributed by atoms with E-state index in [9.17, 15) is 15.0 Å². The smallest absolute Gasteiger partial charge is 0.335 e. The Kier molecular flexibility index (Phi) is 3.89. The summed E-state index contributed by atoms with van der Waals surface area (Å²) in [5, 5.41) is 40.4. The lowest BCUT2D eigenvalue weighted by Gasteiger charge is -2.14. The first-order valence-corrected chi connectivity index (χ1v) is 5.88. The predicted molar refractivity (Wildman–Crippen MR) is 71.3 cm³/mol. The van der Waals surface area contributed by atoms with Gasteiger partial charge in [0.1, 0.15) is 23.6 Å². The van der Waals surface area contributed by atoms with E-state index in [0.29, 0.717) is 5.69 Å². The van der Waals surface area contributed by atoms with E-state index in [4.69, 9.17) is 16.1 Å². The summed E-state index contributed by atoms with van der Waals surface area (Å²) in [6.45, 7) is 0. The highest BCUT2D eigenvalue weighted by Crippen LogP contribution is 2.21. The highest BCUT2D eigenvalue weighted by atomic mass is 16.4. The van der Waals surface area contributed by atoms with E-state index in [0.717, 1.165) is 0 Å². The average molecular weight is 288 g/mol. The molecule has 0 spiro atoms. The lowest BCUT2D eigenvalue weighted by atomic mass is 10.0. The first-order chi connectivity index (χ1) is 9.95. The number of carbonyl (C=O) groups is 1. The van der Waals surface area contributed by atoms with Gasteiger partial charge in [0.05, 0.1) is 11.9 Å². The zero-order valence-electron chi connectivity index (χ0n) is 10.7. The fourth-order valence-corrected chi connectivity index (χ4v) is 1.78. The Morgan fingerprint density at radius 3 is 2.43 bits per heavy atom. The molecule has 2 rings (SSSR count). The molecule has 0 saturated carbocycles. The number of nitrogen functional groups attached to an aromatic ring is 1. The second kappa shape index (κ2) is 5.62. The molecule has 1 heterocycles. The average Bonchev–Trinajstić information content (AvgIpc) is 2.86. The Morgan fingerprint density at radius 1 is 1.33 bits per heavy atom. The summed E-state index contributed by atoms with van der Waals surface area (Å²) in [6, 6.07) is 7.86. The SMILES string of the molecule is N#Cc1cnn(-c2ccc(C(O)C(O)C(=O)O)cc2)c1N. The van der Waals surface area contributed by atoms with Crippen molar-refractivity contribution in [1.82, 2.24) is 9.78 Å². The van der Waals surface area contributed by atoms with Crippen LogP contribution in [0.5, 0.6) is 0 Å². The number of aromatic nitrogens is 2. The first kappa shape index (κ1) is 14.5. The number of carboxylic acid groups (broad SMARTS) is 1. The summed E-state index contributed by atoms with van der Waals surface area (Å²) < 4.78 is 1.34. The molecule has 0 fully saturated rings. The molecule has 2 atom stereocenters. The number of nitriles is 1. The van der Waals surface area contributed by atoms with E-state index in [1.807, 2.05) is 6.07 Å². The summed E-state index contributed by atoms with van der Waals surface area (Å²) in [5.74, 6) is -1.34. The van der Waals surface area contributed by atoms with Crippen molar-refractivity contribution in [3.05, 3.63) is 41.6 Å². The van der Waals surface area contributed by atoms with Gasteiger partial charge in [-0.25, -0.2) is 9.48 Å². The number of hydrogen-bond acceptors (Lipinski definition) is 6. The largest absolute Gasteiger partial charge is 0.479 e. The van der Waals surface area contributed by atoms with Crippen LogP contribution in [0, 0.1) is 11.3 Å². The van der Waals surface area contributed by atoms with Gasteiger partial charge in [0, 0.05) is 0 Å². The van der Waals surface area contributed by atoms with Crippen LogP contribution in [-0.2, 0) is 4.79 Å². The van der Waals surface area contributed by atoms with Gasteiger partial charge in [-0.05, 0) is 17.7 Å². The van der Waals surface area contributed by atoms with Crippen molar-refractivity contribution >= 4 is 11.8 Å². The molecule has 2 unspecified atom stereocenters. The molecular formula is C13H12N4O4. The fraction of sp³-hybridized carbons (Fsp3) is 0.154. The third-order valence-electron chi connectivity index (χ3n) is 2.96. The van der Waals surface area contributed by atoms with Gasteiger partial charge in [-0.3, -0.25) is 0 Å². The zero-order chi connectivity index (χ0) is 15.6. The Labute approximate surface area is 119 Å². The van der Waals surface area contributed by atoms with Crippen molar-refractivity contribution in [3.8, 4) is 11.8 Å². The molecule has 0 aliphatic rings. The maximum atomic E-state index is 10.6. The Balaban J connectivity index is 2.29. The second-order valence-electron chi connectivity index (χ2n) is 4.29. The normalized spacial score (nSPS) is 13.4. The molecule has 5 N–H and O–H groups in total. The first-order valence-electron chi connectivity index (χ1n) is 5.88. The van der Waals surface area contributed by atoms with Crippen LogP contribution in [0.15, 0.2) is 30.5 Å². The quantitative estimate of drug-likeness (QED) is 0.609. The molecule has 0 aliphatic carbocycles. The summed E-state index contributed by atoms with van der Waals surface area (Å²) in [7, 11) is 0. The summed E-state index contributed by atoms with van der Waals surface area (Å²) in [4.78, 5) is 10.6. The molecule has 0 amide bonds. The van der Waals surface area contributed by atoms with Gasteiger partial charge in [0.2, 0.25) is 0 Å². The molecule has 8 nitrogen and oxygen atoms in total. The minimum absolute atomic E-state index is 0.177. The monoisotopic (exact) mass is 288 g/mol. The molecule has 21 heavy (non-hydrogen) atoms. The van der Waals surface area contributed by atoms with Crippen molar-refractivity contribution in [3.63, 3.8) is 0 Å². The number of anilines is 1. The number of hydrogen-bond donors (Lipinski definition) is 4. The Hall–Kier alpha value is -2.89. The van der Waals surface area contributed by atoms with Crippen LogP contribution in [0.4, 0.5) is 5.82 Å². The van der Waals surface area contributed by atoms with E-state index in [1.54, 1.807) is 0 Å². The topological polar surface area (TPSA) is 145 Å². The summed E-state index contributed by atoms with van der Waals surface area (Å²) in [6.07, 6.45) is -2.12. The number of aliphatic hydroxyl groups is 2. The molecule has 8 heteroatoms. The van der Waals surface area contributed by atoms with Gasteiger partial charge in [-0.15, -0.1) is 0 Å². The van der Waals surface area contributed by atoms with E-state index in [1.165, 1.54) is 35.1 Å². The standard InChI is InChI=1S/C13H12N4O4/c14-5-8-6-16-17(12(8)15)9-3-1-7(2-4-9)10(18)11(19)13(20)21/h1-4,6,10-11,18-19H,15H2,(H,20,21). The van der Waals surface area contributed by atoms with Crippen molar-refractivity contribution in [2.24, 2.45) is 0 Å². The molecule has 0 bridgehead atoms. The van der Waals surface area contributed by atoms with Crippen LogP contribution in [-0.4, -0.2) is 37.2 Å². The van der Waals surface area contributed by atoms with E-state index in [2.05, 4.69) is 5.10 Å². The maximum Gasteiger partial charge on any atom is 0.335 e. The van der Waals surface area contributed by atoms with E-state index in [-0.39, 0.29) is 16.9 Å². The van der Waals surface area contributed by atoms with Gasteiger partial charge in [-0.1, -0.05) is 12.1 Å². The van der Waals surface area contributed by atoms with Crippen molar-refractivity contribution < 1.29 is 20.1 Å². The Bertz CT molecular complexity index is 702. The van der Waals surface area contributed by atoms with Crippen LogP contribution >= 0.6 is 0 Å². The lowest BCUT2D eigenvalue weighted by Crippen LogP contribution is -2.27. The molecule has 0 saturated heterocycles. The number of nitrogens with two attached hydrogens (primary N) is 1. The van der Waals surface area contributed by atoms with E-state index < -0.39 is 18.2 Å². The molecular weight excluding hydrogens is 276 g/mol. The fourth-order valence-electron chi connectivity index (χ4n) is 1.78. The molecule has 0 radical (unpaired) electrons. The molecule has 1 aromatic heterocycles. The van der Waals surface area contributed by atoms with Crippen molar-refractivity contribution in [1.29, 1.82) is 5.26 Å². The van der Waals surface area contributed by atoms with Crippen LogP contribution in [0.2, 0.25) is 0 Å². The third kappa shape index (κ3) is 2.69. The molecule has 108 valence electrons. The van der Waals surface area contributed by atoms with Gasteiger partial charge in [-0.2, -0.15) is 10.4 Å². The lowest BCUT2D eigenvalue weighted by molar-refractivity contribution is -0.153. The van der Waals surface area contributed by atoms with Crippen LogP contribution in [0.3, 0.4) is 0 Å². The number of aliphatic hydroxyl groups excluding tert-OH is 2. The van der Waals surface area contributed by atoms with Crippen LogP contribution in [0.25, 0.3) is 5.69 Å². The van der Waals surface area contributed by atoms with Crippen molar-refractivity contribution in [2.45, 2.75) is 12.2 Å². The predicted octanol–water partition coefficient (Wildman–Crippen LogP) is -0.195. The number of aliphatic carboxylic acids is 1. The molecule has 1 aromatic carbocycles. The minimum atomic E-state index is -1.91. The van der Waals surface area contributed by atoms with Gasteiger partial charge >= 0.3 is 5.97 Å². The Morgan fingerprint density at radius 2 is 1.95 bits per heavy atom. The number of benzene rings is 1. The number of rotatable bonds is 4. The van der Waals surface area contributed by atoms with Gasteiger partial charge in [0.15, 0.2) is 6.10 Å². The van der Waals surface area contributed by atoms with Gasteiger partial charge < -0.3 is 21.1 Å². The summed E-state index contributed by atoms with van der Waals surface area (Å²) in [5.41, 5.74) is 6.75. The van der Waals surface area contributed by atoms with Gasteiger partial charge in [0.25, 0.3) is 0 Å². The zero-order valence-corrected chi connectivity index (χ0v) is 10.7. The second-order valence-corrected chi connectivity index (χ2v) is 4.29. The number of nitrogens with zero attached hydrogens (tertiary/aromatic N) is 3. The van der Waals surface area contributed by atoms with Crippen LogP contribution < -0.4 is 5.73 Å². The highest BCUT2D eigenvalue weighted by molar-refractivity contribution is 5.73. The number of carboxylic acids is 1. The van der Waals surface area contributed by atoms with Crippen molar-refractivity contribution in [2.75, 3.05) is 5.73 Å². The summed E-state index contributed by atoms with van der Waals surface area (Å²) >= 11 is 0. The minimum Gasteiger partial charge on any atom is -0.479 e. The maximum absolute atomic E-state index is 10.6. The van der Waals surface area contributed by atoms with Crippen LogP contribution in [0.1, 0.15) is 17.2 Å². The molecule has 2 aromatic rings. The van der Waals surface area contributed by atoms with E-state index >= 15 is 0 Å². The highest BCUT2D eigenvalue weighted by Gasteiger charge is 2.25. The molecule has 0 aliphatic heterocycles.